The molecule has 174 valence electrons. The van der Waals surface area contributed by atoms with E-state index >= 15 is 0 Å². The zero-order chi connectivity index (χ0) is 24.8. The molecule has 0 fully saturated rings. The van der Waals surface area contributed by atoms with Crippen LogP contribution in [0.25, 0.3) is 60.9 Å². The number of aromatic nitrogens is 1. The minimum atomic E-state index is -1.55. The van der Waals surface area contributed by atoms with Crippen LogP contribution in [0.5, 0.6) is 0 Å². The van der Waals surface area contributed by atoms with E-state index in [1.807, 2.05) is 43.4 Å². The molecule has 2 N–H and O–H groups in total. The van der Waals surface area contributed by atoms with Gasteiger partial charge in [-0.25, -0.2) is 0 Å². The van der Waals surface area contributed by atoms with E-state index < -0.39 is 7.12 Å². The Kier molecular flexibility index (Phi) is 5.61. The van der Waals surface area contributed by atoms with E-state index in [0.29, 0.717) is 5.46 Å². The van der Waals surface area contributed by atoms with Gasteiger partial charge in [-0.05, 0) is 59.4 Å². The molecule has 0 atom stereocenters. The number of nitrogens with zero attached hydrogens (tertiary/aromatic N) is 1. The molecule has 6 aromatic rings. The van der Waals surface area contributed by atoms with Gasteiger partial charge in [0.1, 0.15) is 0 Å². The number of para-hydroxylation sites is 2. The summed E-state index contributed by atoms with van der Waals surface area (Å²) in [6.07, 6.45) is 5.83. The number of hydrogen-bond acceptors (Lipinski definition) is 3. The first kappa shape index (κ1) is 22.6. The molecule has 2 aromatic heterocycles. The summed E-state index contributed by atoms with van der Waals surface area (Å²) in [7, 11) is -1.55. The predicted molar refractivity (Wildman–Crippen MR) is 156 cm³/mol. The van der Waals surface area contributed by atoms with Gasteiger partial charge in [-0.2, -0.15) is 0 Å². The monoisotopic (exact) mass is 485 g/mol. The van der Waals surface area contributed by atoms with Crippen molar-refractivity contribution >= 4 is 68.0 Å². The first-order valence-electron chi connectivity index (χ1n) is 11.9. The first-order valence-corrected chi connectivity index (χ1v) is 12.7. The van der Waals surface area contributed by atoms with Crippen LogP contribution < -0.4 is 5.46 Å². The molecule has 0 amide bonds. The van der Waals surface area contributed by atoms with Crippen LogP contribution in [-0.4, -0.2) is 21.7 Å². The first-order chi connectivity index (χ1) is 17.6. The van der Waals surface area contributed by atoms with Crippen LogP contribution in [0.2, 0.25) is 0 Å². The third-order valence-corrected chi connectivity index (χ3v) is 7.97. The fraction of sp³-hybridized carbons (Fsp3) is 0.0323. The Hall–Kier alpha value is -3.90. The smallest absolute Gasteiger partial charge is 0.423 e. The molecule has 2 heterocycles. The van der Waals surface area contributed by atoms with E-state index in [1.165, 1.54) is 16.3 Å². The Bertz CT molecular complexity index is 1790. The summed E-state index contributed by atoms with van der Waals surface area (Å²) in [6, 6.07) is 29.4. The van der Waals surface area contributed by atoms with Crippen molar-refractivity contribution in [3.05, 3.63) is 108 Å². The number of rotatable bonds is 5. The fourth-order valence-electron chi connectivity index (χ4n) is 5.19. The van der Waals surface area contributed by atoms with Crippen molar-refractivity contribution in [1.82, 2.24) is 4.57 Å². The average Bonchev–Trinajstić information content (AvgIpc) is 3.44. The highest BCUT2D eigenvalue weighted by molar-refractivity contribution is 7.21. The lowest BCUT2D eigenvalue weighted by atomic mass is 9.76. The Balaban J connectivity index is 1.66. The summed E-state index contributed by atoms with van der Waals surface area (Å²) in [4.78, 5) is 1.01. The van der Waals surface area contributed by atoms with Crippen LogP contribution in [0.3, 0.4) is 0 Å². The van der Waals surface area contributed by atoms with E-state index in [2.05, 4.69) is 77.9 Å². The van der Waals surface area contributed by atoms with E-state index in [0.717, 1.165) is 42.9 Å². The van der Waals surface area contributed by atoms with Gasteiger partial charge in [-0.15, -0.1) is 11.3 Å². The van der Waals surface area contributed by atoms with Crippen LogP contribution in [0.1, 0.15) is 17.4 Å². The maximum Gasteiger partial charge on any atom is 0.489 e. The zero-order valence-electron chi connectivity index (χ0n) is 19.8. The van der Waals surface area contributed by atoms with Crippen LogP contribution in [0.15, 0.2) is 97.6 Å². The van der Waals surface area contributed by atoms with Crippen molar-refractivity contribution in [3.63, 3.8) is 0 Å². The highest BCUT2D eigenvalue weighted by Crippen LogP contribution is 2.41. The molecule has 0 bridgehead atoms. The lowest BCUT2D eigenvalue weighted by Gasteiger charge is -2.10. The van der Waals surface area contributed by atoms with Crippen molar-refractivity contribution in [2.45, 2.75) is 6.92 Å². The Morgan fingerprint density at radius 1 is 0.861 bits per heavy atom. The largest absolute Gasteiger partial charge is 0.489 e. The zero-order valence-corrected chi connectivity index (χ0v) is 20.7. The maximum atomic E-state index is 10.1. The molecular formula is C31H24BNO2S. The Morgan fingerprint density at radius 3 is 2.36 bits per heavy atom. The van der Waals surface area contributed by atoms with Gasteiger partial charge < -0.3 is 14.6 Å². The van der Waals surface area contributed by atoms with Crippen LogP contribution in [0.4, 0.5) is 0 Å². The molecule has 5 heteroatoms. The lowest BCUT2D eigenvalue weighted by molar-refractivity contribution is 0.426. The molecule has 0 saturated heterocycles. The summed E-state index contributed by atoms with van der Waals surface area (Å²) in [6.45, 7) is 5.97. The van der Waals surface area contributed by atoms with Crippen molar-refractivity contribution < 1.29 is 10.0 Å². The van der Waals surface area contributed by atoms with Crippen molar-refractivity contribution in [2.24, 2.45) is 0 Å². The molecule has 0 radical (unpaired) electrons. The molecule has 0 aliphatic rings. The summed E-state index contributed by atoms with van der Waals surface area (Å²) in [5.41, 5.74) is 7.08. The summed E-state index contributed by atoms with van der Waals surface area (Å²) < 4.78 is 3.33. The quantitative estimate of drug-likeness (QED) is 0.258. The Morgan fingerprint density at radius 2 is 1.61 bits per heavy atom. The molecule has 4 aromatic carbocycles. The van der Waals surface area contributed by atoms with E-state index in [1.54, 1.807) is 11.3 Å². The Labute approximate surface area is 214 Å². The van der Waals surface area contributed by atoms with Gasteiger partial charge >= 0.3 is 7.12 Å². The molecule has 0 spiro atoms. The standard InChI is InChI=1S/C31H24BNO2S/c1-3-10-24-29(4-2)36-31-22(16-17-26(30(24)31)32(34)35)20-15-18-28-25(19-20)23-13-8-9-14-27(23)33(28)21-11-6-5-7-12-21/h3-19,34-35H,2H2,1H3/b10-3-. The summed E-state index contributed by atoms with van der Waals surface area (Å²) in [5, 5.41) is 23.5. The topological polar surface area (TPSA) is 45.4 Å². The van der Waals surface area contributed by atoms with Crippen molar-refractivity contribution in [3.8, 4) is 16.8 Å². The summed E-state index contributed by atoms with van der Waals surface area (Å²) >= 11 is 1.63. The highest BCUT2D eigenvalue weighted by Gasteiger charge is 2.23. The second-order valence-corrected chi connectivity index (χ2v) is 9.84. The molecule has 36 heavy (non-hydrogen) atoms. The van der Waals surface area contributed by atoms with Crippen molar-refractivity contribution in [1.29, 1.82) is 0 Å². The number of allylic oxidation sites excluding steroid dienone is 1. The second-order valence-electron chi connectivity index (χ2n) is 8.78. The van der Waals surface area contributed by atoms with Gasteiger partial charge in [0.05, 0.1) is 11.0 Å². The van der Waals surface area contributed by atoms with Gasteiger partial charge in [0.2, 0.25) is 0 Å². The van der Waals surface area contributed by atoms with Crippen LogP contribution >= 0.6 is 11.3 Å². The highest BCUT2D eigenvalue weighted by atomic mass is 32.1. The second kappa shape index (κ2) is 8.96. The third-order valence-electron chi connectivity index (χ3n) is 6.73. The van der Waals surface area contributed by atoms with Crippen molar-refractivity contribution in [2.75, 3.05) is 0 Å². The molecule has 0 aliphatic heterocycles. The average molecular weight is 485 g/mol. The lowest BCUT2D eigenvalue weighted by Crippen LogP contribution is -2.30. The van der Waals surface area contributed by atoms with E-state index in [9.17, 15) is 10.0 Å². The van der Waals surface area contributed by atoms with Gasteiger partial charge in [-0.3, -0.25) is 0 Å². The molecular weight excluding hydrogens is 461 g/mol. The number of thiophene rings is 1. The van der Waals surface area contributed by atoms with Gasteiger partial charge in [0, 0.05) is 31.4 Å². The number of hydrogen-bond donors (Lipinski definition) is 2. The molecule has 0 saturated carbocycles. The SMILES string of the molecule is C=Cc1sc2c(-c3ccc4c(c3)c3ccccc3n4-c3ccccc3)ccc(B(O)O)c2c1/C=C\C. The maximum absolute atomic E-state index is 10.1. The molecule has 0 aliphatic carbocycles. The third kappa shape index (κ3) is 3.44. The van der Waals surface area contributed by atoms with Gasteiger partial charge in [0.15, 0.2) is 0 Å². The number of benzene rings is 4. The minimum absolute atomic E-state index is 0.507. The molecule has 6 rings (SSSR count). The van der Waals surface area contributed by atoms with Gasteiger partial charge in [0.25, 0.3) is 0 Å². The van der Waals surface area contributed by atoms with Crippen LogP contribution in [0, 0.1) is 0 Å². The summed E-state index contributed by atoms with van der Waals surface area (Å²) in [5.74, 6) is 0. The van der Waals surface area contributed by atoms with E-state index in [4.69, 9.17) is 0 Å². The molecule has 0 unspecified atom stereocenters. The van der Waals surface area contributed by atoms with E-state index in [-0.39, 0.29) is 0 Å². The normalized spacial score (nSPS) is 11.8. The number of fused-ring (bicyclic) bond motifs is 4. The predicted octanol–water partition coefficient (Wildman–Crippen LogP) is 7.02. The minimum Gasteiger partial charge on any atom is -0.423 e. The van der Waals surface area contributed by atoms with Gasteiger partial charge in [-0.1, -0.05) is 79.4 Å². The molecule has 3 nitrogen and oxygen atoms in total. The fourth-order valence-corrected chi connectivity index (χ4v) is 6.40. The van der Waals surface area contributed by atoms with Crippen LogP contribution in [-0.2, 0) is 0 Å².